The van der Waals surface area contributed by atoms with E-state index in [1.165, 1.54) is 27.1 Å². The summed E-state index contributed by atoms with van der Waals surface area (Å²) in [5, 5.41) is 5.39. The minimum atomic E-state index is -0.217. The van der Waals surface area contributed by atoms with Gasteiger partial charge in [-0.25, -0.2) is 4.98 Å². The molecule has 0 atom stereocenters. The quantitative estimate of drug-likeness (QED) is 0.559. The maximum atomic E-state index is 13.0. The molecule has 3 aromatic heterocycles. The van der Waals surface area contributed by atoms with Gasteiger partial charge in [-0.15, -0.1) is 22.7 Å². The van der Waals surface area contributed by atoms with E-state index in [0.717, 1.165) is 16.0 Å². The zero-order valence-electron chi connectivity index (χ0n) is 14.6. The molecule has 3 heterocycles. The minimum absolute atomic E-state index is 0.0483. The molecule has 0 spiro atoms. The molecule has 4 rings (SSSR count). The van der Waals surface area contributed by atoms with Crippen LogP contribution in [0, 0.1) is 6.92 Å². The number of carbonyl (C=O) groups excluding carboxylic acids is 1. The summed E-state index contributed by atoms with van der Waals surface area (Å²) in [7, 11) is 0. The lowest BCUT2D eigenvalue weighted by atomic mass is 10.2. The SMILES string of the molecule is Cc1ccc(-c2csc3ncn(CC(=O)NCc4ccccc4)c(=O)c23)s1. The highest BCUT2D eigenvalue weighted by atomic mass is 32.1. The predicted octanol–water partition coefficient (Wildman–Crippen LogP) is 3.81. The summed E-state index contributed by atoms with van der Waals surface area (Å²) in [4.78, 5) is 32.5. The zero-order valence-corrected chi connectivity index (χ0v) is 16.3. The van der Waals surface area contributed by atoms with Crippen molar-refractivity contribution in [2.24, 2.45) is 0 Å². The molecule has 0 saturated heterocycles. The third-order valence-electron chi connectivity index (χ3n) is 4.21. The first-order valence-electron chi connectivity index (χ1n) is 8.46. The fraction of sp³-hybridized carbons (Fsp3) is 0.150. The lowest BCUT2D eigenvalue weighted by molar-refractivity contribution is -0.121. The van der Waals surface area contributed by atoms with E-state index in [0.29, 0.717) is 16.8 Å². The Morgan fingerprint density at radius 2 is 2.00 bits per heavy atom. The number of hydrogen-bond acceptors (Lipinski definition) is 5. The molecule has 0 unspecified atom stereocenters. The van der Waals surface area contributed by atoms with Crippen LogP contribution in [0.4, 0.5) is 0 Å². The Kier molecular flexibility index (Phi) is 4.87. The average molecular weight is 396 g/mol. The van der Waals surface area contributed by atoms with Crippen molar-refractivity contribution in [3.8, 4) is 10.4 Å². The van der Waals surface area contributed by atoms with Gasteiger partial charge in [0.1, 0.15) is 11.4 Å². The van der Waals surface area contributed by atoms with Gasteiger partial charge in [-0.3, -0.25) is 14.2 Å². The molecule has 0 radical (unpaired) electrons. The molecule has 0 aliphatic heterocycles. The summed E-state index contributed by atoms with van der Waals surface area (Å²) in [6.45, 7) is 2.42. The Morgan fingerprint density at radius 1 is 1.19 bits per heavy atom. The van der Waals surface area contributed by atoms with Gasteiger partial charge in [0.2, 0.25) is 5.91 Å². The van der Waals surface area contributed by atoms with Crippen LogP contribution in [0.15, 0.2) is 59.0 Å². The Labute approximate surface area is 163 Å². The van der Waals surface area contributed by atoms with Crippen LogP contribution in [0.5, 0.6) is 0 Å². The van der Waals surface area contributed by atoms with Crippen LogP contribution in [0.2, 0.25) is 0 Å². The van der Waals surface area contributed by atoms with Crippen molar-refractivity contribution in [2.45, 2.75) is 20.0 Å². The molecule has 0 aliphatic rings. The highest BCUT2D eigenvalue weighted by Gasteiger charge is 2.15. The number of aromatic nitrogens is 2. The van der Waals surface area contributed by atoms with Crippen LogP contribution < -0.4 is 10.9 Å². The monoisotopic (exact) mass is 395 g/mol. The van der Waals surface area contributed by atoms with E-state index < -0.39 is 0 Å². The molecule has 1 aromatic carbocycles. The van der Waals surface area contributed by atoms with E-state index >= 15 is 0 Å². The Balaban J connectivity index is 1.58. The summed E-state index contributed by atoms with van der Waals surface area (Å²) < 4.78 is 1.37. The number of hydrogen-bond donors (Lipinski definition) is 1. The highest BCUT2D eigenvalue weighted by Crippen LogP contribution is 2.34. The van der Waals surface area contributed by atoms with Crippen molar-refractivity contribution in [2.75, 3.05) is 0 Å². The minimum Gasteiger partial charge on any atom is -0.350 e. The number of thiophene rings is 2. The van der Waals surface area contributed by atoms with Crippen molar-refractivity contribution in [1.82, 2.24) is 14.9 Å². The average Bonchev–Trinajstić information content (AvgIpc) is 3.29. The molecule has 4 aromatic rings. The summed E-state index contributed by atoms with van der Waals surface area (Å²) >= 11 is 3.09. The second-order valence-corrected chi connectivity index (χ2v) is 8.33. The molecular weight excluding hydrogens is 378 g/mol. The first-order valence-corrected chi connectivity index (χ1v) is 10.2. The van der Waals surface area contributed by atoms with Crippen molar-refractivity contribution >= 4 is 38.8 Å². The van der Waals surface area contributed by atoms with Crippen molar-refractivity contribution in [1.29, 1.82) is 0 Å². The van der Waals surface area contributed by atoms with Gasteiger partial charge in [0, 0.05) is 27.2 Å². The van der Waals surface area contributed by atoms with Crippen LogP contribution in [0.3, 0.4) is 0 Å². The van der Waals surface area contributed by atoms with Gasteiger partial charge in [-0.05, 0) is 24.6 Å². The van der Waals surface area contributed by atoms with Crippen LogP contribution >= 0.6 is 22.7 Å². The lowest BCUT2D eigenvalue weighted by Gasteiger charge is -2.07. The first-order chi connectivity index (χ1) is 13.1. The summed E-state index contributed by atoms with van der Waals surface area (Å²) in [6.07, 6.45) is 1.45. The largest absolute Gasteiger partial charge is 0.350 e. The van der Waals surface area contributed by atoms with Gasteiger partial charge >= 0.3 is 0 Å². The molecule has 27 heavy (non-hydrogen) atoms. The fourth-order valence-electron chi connectivity index (χ4n) is 2.85. The number of amides is 1. The van der Waals surface area contributed by atoms with Crippen molar-refractivity contribution in [3.05, 3.63) is 75.0 Å². The van der Waals surface area contributed by atoms with E-state index in [4.69, 9.17) is 0 Å². The zero-order chi connectivity index (χ0) is 18.8. The fourth-order valence-corrected chi connectivity index (χ4v) is 4.71. The number of fused-ring (bicyclic) bond motifs is 1. The predicted molar refractivity (Wildman–Crippen MR) is 110 cm³/mol. The van der Waals surface area contributed by atoms with Crippen LogP contribution in [-0.4, -0.2) is 15.5 Å². The number of benzene rings is 1. The van der Waals surface area contributed by atoms with E-state index in [1.807, 2.05) is 54.8 Å². The maximum absolute atomic E-state index is 13.0. The third-order valence-corrected chi connectivity index (χ3v) is 6.13. The molecule has 0 fully saturated rings. The van der Waals surface area contributed by atoms with Gasteiger partial charge in [0.05, 0.1) is 11.7 Å². The number of rotatable bonds is 5. The molecule has 0 bridgehead atoms. The van der Waals surface area contributed by atoms with Crippen LogP contribution in [0.1, 0.15) is 10.4 Å². The van der Waals surface area contributed by atoms with Crippen molar-refractivity contribution < 1.29 is 4.79 Å². The number of nitrogens with zero attached hydrogens (tertiary/aromatic N) is 2. The molecule has 1 N–H and O–H groups in total. The number of aryl methyl sites for hydroxylation is 1. The van der Waals surface area contributed by atoms with Gasteiger partial charge in [0.25, 0.3) is 5.56 Å². The Morgan fingerprint density at radius 3 is 2.74 bits per heavy atom. The summed E-state index contributed by atoms with van der Waals surface area (Å²) in [5.41, 5.74) is 1.72. The van der Waals surface area contributed by atoms with Crippen molar-refractivity contribution in [3.63, 3.8) is 0 Å². The van der Waals surface area contributed by atoms with Gasteiger partial charge in [-0.2, -0.15) is 0 Å². The Bertz CT molecular complexity index is 1160. The molecule has 0 aliphatic carbocycles. The van der Waals surface area contributed by atoms with E-state index in [2.05, 4.69) is 10.3 Å². The molecule has 5 nitrogen and oxygen atoms in total. The second-order valence-electron chi connectivity index (χ2n) is 6.18. The Hall–Kier alpha value is -2.77. The standard InChI is InChI=1S/C20H17N3O2S2/c1-13-7-8-16(27-13)15-11-26-19-18(15)20(25)23(12-22-19)10-17(24)21-9-14-5-3-2-4-6-14/h2-8,11-12H,9-10H2,1H3,(H,21,24). The van der Waals surface area contributed by atoms with E-state index in [1.54, 1.807) is 11.3 Å². The molecule has 7 heteroatoms. The molecule has 0 saturated carbocycles. The smallest absolute Gasteiger partial charge is 0.263 e. The van der Waals surface area contributed by atoms with E-state index in [-0.39, 0.29) is 18.0 Å². The topological polar surface area (TPSA) is 64.0 Å². The summed E-state index contributed by atoms with van der Waals surface area (Å²) in [5.74, 6) is -0.217. The van der Waals surface area contributed by atoms with Gasteiger partial charge in [-0.1, -0.05) is 30.3 Å². The van der Waals surface area contributed by atoms with Gasteiger partial charge < -0.3 is 5.32 Å². The number of nitrogens with one attached hydrogen (secondary N) is 1. The number of carbonyl (C=O) groups is 1. The summed E-state index contributed by atoms with van der Waals surface area (Å²) in [6, 6.07) is 13.7. The van der Waals surface area contributed by atoms with Crippen LogP contribution in [0.25, 0.3) is 20.7 Å². The van der Waals surface area contributed by atoms with E-state index in [9.17, 15) is 9.59 Å². The lowest BCUT2D eigenvalue weighted by Crippen LogP contribution is -2.32. The molecule has 1 amide bonds. The third kappa shape index (κ3) is 3.70. The maximum Gasteiger partial charge on any atom is 0.263 e. The highest BCUT2D eigenvalue weighted by molar-refractivity contribution is 7.19. The molecular formula is C20H17N3O2S2. The normalized spacial score (nSPS) is 11.0. The molecule has 136 valence electrons. The van der Waals surface area contributed by atoms with Crippen LogP contribution in [-0.2, 0) is 17.9 Å². The first kappa shape index (κ1) is 17.6. The van der Waals surface area contributed by atoms with Gasteiger partial charge in [0.15, 0.2) is 0 Å². The second kappa shape index (κ2) is 7.46.